The third-order valence-corrected chi connectivity index (χ3v) is 4.40. The van der Waals surface area contributed by atoms with Crippen LogP contribution in [0.4, 0.5) is 17.6 Å². The van der Waals surface area contributed by atoms with E-state index in [1.54, 1.807) is 0 Å². The van der Waals surface area contributed by atoms with Gasteiger partial charge in [-0.05, 0) is 24.1 Å². The molecular weight excluding hydrogens is 396 g/mol. The summed E-state index contributed by atoms with van der Waals surface area (Å²) in [5.74, 6) is -0.257. The van der Waals surface area contributed by atoms with Crippen LogP contribution in [0.25, 0.3) is 0 Å². The molecule has 3 rings (SSSR count). The van der Waals surface area contributed by atoms with Crippen molar-refractivity contribution >= 4 is 29.5 Å². The number of aryl methyl sites for hydroxylation is 1. The van der Waals surface area contributed by atoms with Gasteiger partial charge in [0.05, 0.1) is 12.5 Å². The first-order chi connectivity index (χ1) is 14.9. The van der Waals surface area contributed by atoms with Crippen LogP contribution in [0.1, 0.15) is 36.3 Å². The van der Waals surface area contributed by atoms with E-state index in [1.165, 1.54) is 6.92 Å². The zero-order chi connectivity index (χ0) is 22.2. The van der Waals surface area contributed by atoms with E-state index in [0.29, 0.717) is 0 Å². The van der Waals surface area contributed by atoms with Crippen molar-refractivity contribution in [1.29, 1.82) is 0 Å². The number of nitrogens with two attached hydrogens (primary N) is 1. The maximum Gasteiger partial charge on any atom is 0.308 e. The van der Waals surface area contributed by atoms with E-state index >= 15 is 0 Å². The molecule has 4 N–H and O–H groups in total. The van der Waals surface area contributed by atoms with Crippen LogP contribution < -0.4 is 16.4 Å². The van der Waals surface area contributed by atoms with E-state index < -0.39 is 12.0 Å². The van der Waals surface area contributed by atoms with Gasteiger partial charge in [0.25, 0.3) is 0 Å². The molecule has 1 atom stereocenters. The monoisotopic (exact) mass is 420 g/mol. The normalized spacial score (nSPS) is 11.4. The first-order valence-corrected chi connectivity index (χ1v) is 9.71. The maximum atomic E-state index is 12.4. The van der Waals surface area contributed by atoms with Crippen molar-refractivity contribution in [2.24, 2.45) is 0 Å². The summed E-state index contributed by atoms with van der Waals surface area (Å²) in [6.45, 7) is 3.18. The van der Waals surface area contributed by atoms with E-state index in [4.69, 9.17) is 10.5 Å². The summed E-state index contributed by atoms with van der Waals surface area (Å²) in [5, 5.41) is 5.85. The number of ether oxygens (including phenoxy) is 1. The lowest BCUT2D eigenvalue weighted by atomic mass is 10.0. The Balaban J connectivity index is 1.64. The maximum absolute atomic E-state index is 12.4. The minimum absolute atomic E-state index is 0.0116. The summed E-state index contributed by atoms with van der Waals surface area (Å²) in [6.07, 6.45) is -0.0293. The molecule has 9 nitrogen and oxygen atoms in total. The fourth-order valence-electron chi connectivity index (χ4n) is 2.95. The molecular formula is C22H24N6O3. The predicted octanol–water partition coefficient (Wildman–Crippen LogP) is 2.82. The van der Waals surface area contributed by atoms with Crippen LogP contribution in [0.2, 0.25) is 0 Å². The Bertz CT molecular complexity index is 1060. The number of aromatic nitrogens is 3. The Morgan fingerprint density at radius 1 is 1.03 bits per heavy atom. The molecule has 0 saturated carbocycles. The molecule has 160 valence electrons. The molecule has 0 aliphatic carbocycles. The van der Waals surface area contributed by atoms with Gasteiger partial charge in [-0.25, -0.2) is 0 Å². The molecule has 0 saturated heterocycles. The highest BCUT2D eigenvalue weighted by Crippen LogP contribution is 2.19. The highest BCUT2D eigenvalue weighted by Gasteiger charge is 2.18. The number of nitrogens with one attached hydrogen (secondary N) is 2. The van der Waals surface area contributed by atoms with Gasteiger partial charge >= 0.3 is 5.97 Å². The summed E-state index contributed by atoms with van der Waals surface area (Å²) in [4.78, 5) is 36.3. The molecule has 0 fully saturated rings. The number of carbonyl (C=O) groups excluding carboxylic acids is 2. The van der Waals surface area contributed by atoms with Crippen LogP contribution in [0.5, 0.6) is 0 Å². The number of nitrogen functional groups attached to an aromatic ring is 1. The van der Waals surface area contributed by atoms with Crippen molar-refractivity contribution in [3.63, 3.8) is 0 Å². The van der Waals surface area contributed by atoms with E-state index in [-0.39, 0.29) is 36.7 Å². The second-order valence-electron chi connectivity index (χ2n) is 6.90. The van der Waals surface area contributed by atoms with E-state index in [1.807, 2.05) is 61.5 Å². The molecule has 1 heterocycles. The summed E-state index contributed by atoms with van der Waals surface area (Å²) in [5.41, 5.74) is 8.43. The minimum atomic E-state index is -0.505. The lowest BCUT2D eigenvalue weighted by Gasteiger charge is -2.17. The molecule has 9 heteroatoms. The second kappa shape index (κ2) is 10.1. The Kier molecular flexibility index (Phi) is 7.10. The highest BCUT2D eigenvalue weighted by molar-refractivity contribution is 5.76. The average Bonchev–Trinajstić information content (AvgIpc) is 2.73. The van der Waals surface area contributed by atoms with Crippen molar-refractivity contribution in [1.82, 2.24) is 20.3 Å². The molecule has 0 aliphatic heterocycles. The number of benzene rings is 2. The number of para-hydroxylation sites is 1. The number of hydrogen-bond donors (Lipinski definition) is 3. The quantitative estimate of drug-likeness (QED) is 0.474. The lowest BCUT2D eigenvalue weighted by molar-refractivity contribution is -0.146. The van der Waals surface area contributed by atoms with Crippen LogP contribution in [0.3, 0.4) is 0 Å². The van der Waals surface area contributed by atoms with Gasteiger partial charge in [0.15, 0.2) is 12.4 Å². The fourth-order valence-corrected chi connectivity index (χ4v) is 2.95. The topological polar surface area (TPSA) is 132 Å². The van der Waals surface area contributed by atoms with E-state index in [9.17, 15) is 9.59 Å². The van der Waals surface area contributed by atoms with Crippen molar-refractivity contribution in [2.75, 3.05) is 11.1 Å². The number of hydrogen-bond acceptors (Lipinski definition) is 8. The van der Waals surface area contributed by atoms with E-state index in [0.717, 1.165) is 16.8 Å². The van der Waals surface area contributed by atoms with Gasteiger partial charge in [-0.2, -0.15) is 15.0 Å². The van der Waals surface area contributed by atoms with Crippen molar-refractivity contribution < 1.29 is 14.3 Å². The second-order valence-corrected chi connectivity index (χ2v) is 6.90. The van der Waals surface area contributed by atoms with Crippen LogP contribution in [0, 0.1) is 6.92 Å². The molecule has 1 amide bonds. The molecule has 0 unspecified atom stereocenters. The van der Waals surface area contributed by atoms with Crippen LogP contribution in [-0.4, -0.2) is 26.8 Å². The lowest BCUT2D eigenvalue weighted by Crippen LogP contribution is -2.28. The molecule has 3 aromatic rings. The Hall–Kier alpha value is -4.01. The van der Waals surface area contributed by atoms with Crippen LogP contribution in [0.15, 0.2) is 54.6 Å². The van der Waals surface area contributed by atoms with Gasteiger partial charge in [0, 0.05) is 12.6 Å². The number of anilines is 3. The Morgan fingerprint density at radius 2 is 1.74 bits per heavy atom. The summed E-state index contributed by atoms with van der Waals surface area (Å²) < 4.78 is 5.32. The molecule has 0 aliphatic rings. The molecule has 2 aromatic carbocycles. The van der Waals surface area contributed by atoms with Gasteiger partial charge in [0.1, 0.15) is 0 Å². The van der Waals surface area contributed by atoms with E-state index in [2.05, 4.69) is 25.6 Å². The van der Waals surface area contributed by atoms with Crippen LogP contribution in [-0.2, 0) is 20.9 Å². The Morgan fingerprint density at radius 3 is 2.45 bits per heavy atom. The predicted molar refractivity (Wildman–Crippen MR) is 116 cm³/mol. The standard InChI is InChI=1S/C22H24N6O3/c1-14-8-6-7-11-17(14)25-22-27-19(26-21(23)28-22)13-31-20(30)12-18(24-15(2)29)16-9-4-3-5-10-16/h3-11,18H,12-13H2,1-2H3,(H,24,29)(H3,23,25,26,27,28)/t18-/m1/s1. The van der Waals surface area contributed by atoms with Crippen molar-refractivity contribution in [3.8, 4) is 0 Å². The van der Waals surface area contributed by atoms with Gasteiger partial charge in [0.2, 0.25) is 17.8 Å². The van der Waals surface area contributed by atoms with Gasteiger partial charge in [-0.1, -0.05) is 48.5 Å². The number of nitrogens with zero attached hydrogens (tertiary/aromatic N) is 3. The molecule has 0 radical (unpaired) electrons. The Labute approximate surface area is 180 Å². The van der Waals surface area contributed by atoms with Crippen molar-refractivity contribution in [3.05, 3.63) is 71.5 Å². The highest BCUT2D eigenvalue weighted by atomic mass is 16.5. The molecule has 0 bridgehead atoms. The minimum Gasteiger partial charge on any atom is -0.457 e. The molecule has 31 heavy (non-hydrogen) atoms. The third-order valence-electron chi connectivity index (χ3n) is 4.40. The first kappa shape index (κ1) is 21.7. The number of esters is 1. The fraction of sp³-hybridized carbons (Fsp3) is 0.227. The smallest absolute Gasteiger partial charge is 0.308 e. The number of amides is 1. The summed E-state index contributed by atoms with van der Waals surface area (Å²) in [7, 11) is 0. The zero-order valence-corrected chi connectivity index (χ0v) is 17.3. The summed E-state index contributed by atoms with van der Waals surface area (Å²) >= 11 is 0. The van der Waals surface area contributed by atoms with Gasteiger partial charge in [-0.3, -0.25) is 9.59 Å². The van der Waals surface area contributed by atoms with Gasteiger partial charge in [-0.15, -0.1) is 0 Å². The average molecular weight is 420 g/mol. The largest absolute Gasteiger partial charge is 0.457 e. The zero-order valence-electron chi connectivity index (χ0n) is 17.3. The number of carbonyl (C=O) groups is 2. The van der Waals surface area contributed by atoms with Crippen molar-refractivity contribution in [2.45, 2.75) is 32.9 Å². The number of rotatable bonds is 8. The molecule has 0 spiro atoms. The SMILES string of the molecule is CC(=O)N[C@H](CC(=O)OCc1nc(N)nc(Nc2ccccc2C)n1)c1ccccc1. The van der Waals surface area contributed by atoms with Gasteiger partial charge < -0.3 is 21.1 Å². The summed E-state index contributed by atoms with van der Waals surface area (Å²) in [6, 6.07) is 16.4. The molecule has 1 aromatic heterocycles. The first-order valence-electron chi connectivity index (χ1n) is 9.71. The third kappa shape index (κ3) is 6.49. The van der Waals surface area contributed by atoms with Crippen LogP contribution >= 0.6 is 0 Å².